The minimum absolute atomic E-state index is 0.0442. The number of hydrogen-bond acceptors (Lipinski definition) is 5. The fraction of sp³-hybridized carbons (Fsp3) is 0.333. The number of fused-ring (bicyclic) bond motifs is 2. The SMILES string of the molecule is O=C(CCc1nc2ccccc2c(=O)[nH]1)NC1CCCCC1.O=c1[nH]c2ccccc2o1. The number of nitrogens with one attached hydrogen (secondary N) is 3. The molecule has 166 valence electrons. The highest BCUT2D eigenvalue weighted by molar-refractivity contribution is 5.78. The number of para-hydroxylation sites is 3. The average Bonchev–Trinajstić information content (AvgIpc) is 3.19. The standard InChI is InChI=1S/C17H21N3O2.C7H5NO2/c21-16(18-12-6-2-1-3-7-12)11-10-15-19-14-9-5-4-8-13(14)17(22)20-15;9-7-8-5-3-1-2-4-6(5)10-7/h4-5,8-9,12H,1-3,6-7,10-11H2,(H,18,21)(H,19,20,22);1-4H,(H,8,9). The van der Waals surface area contributed by atoms with Gasteiger partial charge in [-0.25, -0.2) is 9.78 Å². The third kappa shape index (κ3) is 5.51. The monoisotopic (exact) mass is 434 g/mol. The van der Waals surface area contributed by atoms with Crippen molar-refractivity contribution < 1.29 is 9.21 Å². The Morgan fingerprint density at radius 3 is 2.56 bits per heavy atom. The maximum atomic E-state index is 12.0. The normalized spacial score (nSPS) is 14.1. The van der Waals surface area contributed by atoms with Crippen molar-refractivity contribution in [3.05, 3.63) is 75.3 Å². The number of nitrogens with zero attached hydrogens (tertiary/aromatic N) is 1. The smallest absolute Gasteiger partial charge is 0.408 e. The van der Waals surface area contributed by atoms with Gasteiger partial charge in [-0.2, -0.15) is 0 Å². The van der Waals surface area contributed by atoms with E-state index < -0.39 is 5.76 Å². The number of carbonyl (C=O) groups is 1. The molecule has 3 N–H and O–H groups in total. The molecule has 2 aromatic heterocycles. The van der Waals surface area contributed by atoms with Gasteiger partial charge in [0, 0.05) is 18.9 Å². The maximum Gasteiger partial charge on any atom is 0.417 e. The summed E-state index contributed by atoms with van der Waals surface area (Å²) < 4.78 is 4.76. The van der Waals surface area contributed by atoms with E-state index in [-0.39, 0.29) is 11.5 Å². The van der Waals surface area contributed by atoms with Gasteiger partial charge in [-0.15, -0.1) is 0 Å². The first-order chi connectivity index (χ1) is 15.6. The van der Waals surface area contributed by atoms with Gasteiger partial charge in [0.25, 0.3) is 5.56 Å². The predicted octanol–water partition coefficient (Wildman–Crippen LogP) is 3.43. The number of aryl methyl sites for hydroxylation is 1. The van der Waals surface area contributed by atoms with E-state index in [1.54, 1.807) is 18.2 Å². The average molecular weight is 434 g/mol. The fourth-order valence-electron chi connectivity index (χ4n) is 3.93. The van der Waals surface area contributed by atoms with E-state index in [0.29, 0.717) is 41.2 Å². The minimum atomic E-state index is -0.402. The van der Waals surface area contributed by atoms with Crippen molar-refractivity contribution in [1.82, 2.24) is 20.3 Å². The van der Waals surface area contributed by atoms with Crippen molar-refractivity contribution in [2.45, 2.75) is 51.0 Å². The molecule has 1 fully saturated rings. The largest absolute Gasteiger partial charge is 0.417 e. The van der Waals surface area contributed by atoms with Crippen molar-refractivity contribution >= 4 is 27.9 Å². The second kappa shape index (κ2) is 10.1. The summed E-state index contributed by atoms with van der Waals surface area (Å²) in [6.07, 6.45) is 6.65. The van der Waals surface area contributed by atoms with Gasteiger partial charge in [0.15, 0.2) is 5.58 Å². The van der Waals surface area contributed by atoms with Gasteiger partial charge in [0.05, 0.1) is 16.4 Å². The number of oxazole rings is 1. The summed E-state index contributed by atoms with van der Waals surface area (Å²) in [4.78, 5) is 44.3. The molecule has 0 atom stereocenters. The van der Waals surface area contributed by atoms with Gasteiger partial charge in [-0.3, -0.25) is 14.6 Å². The summed E-state index contributed by atoms with van der Waals surface area (Å²) in [6, 6.07) is 14.8. The van der Waals surface area contributed by atoms with Crippen LogP contribution in [0, 0.1) is 0 Å². The molecule has 0 unspecified atom stereocenters. The van der Waals surface area contributed by atoms with Gasteiger partial charge in [-0.05, 0) is 37.1 Å². The van der Waals surface area contributed by atoms with E-state index in [1.165, 1.54) is 19.3 Å². The summed E-state index contributed by atoms with van der Waals surface area (Å²) in [6.45, 7) is 0. The summed E-state index contributed by atoms with van der Waals surface area (Å²) in [5.41, 5.74) is 1.88. The van der Waals surface area contributed by atoms with Crippen molar-refractivity contribution in [3.8, 4) is 0 Å². The molecule has 8 nitrogen and oxygen atoms in total. The van der Waals surface area contributed by atoms with Crippen molar-refractivity contribution in [2.75, 3.05) is 0 Å². The second-order valence-electron chi connectivity index (χ2n) is 7.94. The molecule has 1 aliphatic rings. The first kappa shape index (κ1) is 21.5. The molecule has 8 heteroatoms. The van der Waals surface area contributed by atoms with Crippen molar-refractivity contribution in [1.29, 1.82) is 0 Å². The molecule has 1 aliphatic carbocycles. The molecule has 5 rings (SSSR count). The number of benzene rings is 2. The Morgan fingerprint density at radius 1 is 1.00 bits per heavy atom. The van der Waals surface area contributed by atoms with Crippen LogP contribution >= 0.6 is 0 Å². The molecule has 0 radical (unpaired) electrons. The van der Waals surface area contributed by atoms with Gasteiger partial charge < -0.3 is 14.7 Å². The predicted molar refractivity (Wildman–Crippen MR) is 123 cm³/mol. The maximum absolute atomic E-state index is 12.0. The number of rotatable bonds is 4. The van der Waals surface area contributed by atoms with Crippen LogP contribution < -0.4 is 16.6 Å². The molecule has 2 heterocycles. The van der Waals surface area contributed by atoms with Crippen LogP contribution in [0.25, 0.3) is 22.0 Å². The highest BCUT2D eigenvalue weighted by Crippen LogP contribution is 2.17. The molecule has 4 aromatic rings. The van der Waals surface area contributed by atoms with E-state index in [1.807, 2.05) is 30.3 Å². The molecular formula is C24H26N4O4. The highest BCUT2D eigenvalue weighted by Gasteiger charge is 2.15. The zero-order chi connectivity index (χ0) is 22.3. The van der Waals surface area contributed by atoms with Crippen LogP contribution in [0.2, 0.25) is 0 Å². The molecule has 0 aliphatic heterocycles. The number of hydrogen-bond donors (Lipinski definition) is 3. The van der Waals surface area contributed by atoms with Crippen molar-refractivity contribution in [3.63, 3.8) is 0 Å². The fourth-order valence-corrected chi connectivity index (χ4v) is 3.93. The van der Waals surface area contributed by atoms with Gasteiger partial charge in [0.1, 0.15) is 5.82 Å². The topological polar surface area (TPSA) is 121 Å². The molecule has 0 saturated heterocycles. The lowest BCUT2D eigenvalue weighted by Gasteiger charge is -2.22. The molecule has 1 saturated carbocycles. The second-order valence-corrected chi connectivity index (χ2v) is 7.94. The summed E-state index contributed by atoms with van der Waals surface area (Å²) in [5, 5.41) is 3.66. The van der Waals surface area contributed by atoms with E-state index >= 15 is 0 Å². The van der Waals surface area contributed by atoms with Gasteiger partial charge in [0.2, 0.25) is 5.91 Å². The van der Waals surface area contributed by atoms with Gasteiger partial charge >= 0.3 is 5.76 Å². The first-order valence-corrected chi connectivity index (χ1v) is 10.9. The molecule has 1 amide bonds. The zero-order valence-corrected chi connectivity index (χ0v) is 17.7. The van der Waals surface area contributed by atoms with Crippen LogP contribution in [0.1, 0.15) is 44.3 Å². The Bertz CT molecular complexity index is 1280. The van der Waals surface area contributed by atoms with Crippen LogP contribution in [-0.4, -0.2) is 26.9 Å². The molecule has 0 bridgehead atoms. The Morgan fingerprint density at radius 2 is 1.75 bits per heavy atom. The Hall–Kier alpha value is -3.68. The number of aromatic nitrogens is 3. The van der Waals surface area contributed by atoms with E-state index in [2.05, 4.69) is 20.3 Å². The minimum Gasteiger partial charge on any atom is -0.408 e. The molecular weight excluding hydrogens is 408 g/mol. The van der Waals surface area contributed by atoms with E-state index in [9.17, 15) is 14.4 Å². The Balaban J connectivity index is 0.000000203. The summed E-state index contributed by atoms with van der Waals surface area (Å²) in [5.74, 6) is 0.214. The molecule has 32 heavy (non-hydrogen) atoms. The van der Waals surface area contributed by atoms with Crippen molar-refractivity contribution in [2.24, 2.45) is 0 Å². The lowest BCUT2D eigenvalue weighted by molar-refractivity contribution is -0.122. The van der Waals surface area contributed by atoms with Crippen LogP contribution in [-0.2, 0) is 11.2 Å². The summed E-state index contributed by atoms with van der Waals surface area (Å²) in [7, 11) is 0. The molecule has 0 spiro atoms. The van der Waals surface area contributed by atoms with Crippen LogP contribution in [0.15, 0.2) is 62.5 Å². The number of amides is 1. The van der Waals surface area contributed by atoms with Gasteiger partial charge in [-0.1, -0.05) is 43.5 Å². The number of aromatic amines is 2. The number of carbonyl (C=O) groups excluding carboxylic acids is 1. The first-order valence-electron chi connectivity index (χ1n) is 10.9. The zero-order valence-electron chi connectivity index (χ0n) is 17.7. The third-order valence-corrected chi connectivity index (χ3v) is 5.55. The highest BCUT2D eigenvalue weighted by atomic mass is 16.4. The van der Waals surface area contributed by atoms with Crippen LogP contribution in [0.5, 0.6) is 0 Å². The van der Waals surface area contributed by atoms with E-state index in [4.69, 9.17) is 4.42 Å². The number of H-pyrrole nitrogens is 2. The lowest BCUT2D eigenvalue weighted by atomic mass is 9.95. The Kier molecular flexibility index (Phi) is 6.79. The van der Waals surface area contributed by atoms with Crippen LogP contribution in [0.4, 0.5) is 0 Å². The Labute approximate surface area is 184 Å². The summed E-state index contributed by atoms with van der Waals surface area (Å²) >= 11 is 0. The quantitative estimate of drug-likeness (QED) is 0.454. The lowest BCUT2D eigenvalue weighted by Crippen LogP contribution is -2.36. The molecule has 2 aromatic carbocycles. The van der Waals surface area contributed by atoms with Crippen LogP contribution in [0.3, 0.4) is 0 Å². The van der Waals surface area contributed by atoms with E-state index in [0.717, 1.165) is 18.4 Å². The third-order valence-electron chi connectivity index (χ3n) is 5.55.